The standard InChI is InChI=1S/C15H18N4O/c16-15(20)14-9-13(12-7-3-4-8-17-12)18-19(14)10-11-5-1-2-6-11/h3-4,7-9,11H,1-2,5-6,10H2,(H2,16,20). The predicted octanol–water partition coefficient (Wildman–Crippen LogP) is 2.23. The summed E-state index contributed by atoms with van der Waals surface area (Å²) in [5.41, 5.74) is 7.40. The Balaban J connectivity index is 1.92. The molecule has 0 unspecified atom stereocenters. The summed E-state index contributed by atoms with van der Waals surface area (Å²) in [6.45, 7) is 0.769. The average Bonchev–Trinajstić information content (AvgIpc) is 3.10. The van der Waals surface area contributed by atoms with E-state index in [1.54, 1.807) is 16.9 Å². The van der Waals surface area contributed by atoms with Gasteiger partial charge in [-0.15, -0.1) is 0 Å². The van der Waals surface area contributed by atoms with Crippen LogP contribution in [0.25, 0.3) is 11.4 Å². The molecule has 0 aromatic carbocycles. The molecule has 0 bridgehead atoms. The van der Waals surface area contributed by atoms with Gasteiger partial charge in [0.2, 0.25) is 0 Å². The van der Waals surface area contributed by atoms with Gasteiger partial charge in [-0.1, -0.05) is 18.9 Å². The van der Waals surface area contributed by atoms with E-state index in [0.717, 1.165) is 12.2 Å². The first kappa shape index (κ1) is 12.8. The van der Waals surface area contributed by atoms with Gasteiger partial charge in [0, 0.05) is 12.7 Å². The van der Waals surface area contributed by atoms with Gasteiger partial charge >= 0.3 is 0 Å². The minimum absolute atomic E-state index is 0.433. The Kier molecular flexibility index (Phi) is 3.50. The highest BCUT2D eigenvalue weighted by Gasteiger charge is 2.20. The van der Waals surface area contributed by atoms with Crippen LogP contribution in [0.15, 0.2) is 30.5 Å². The summed E-state index contributed by atoms with van der Waals surface area (Å²) in [5, 5.41) is 4.52. The van der Waals surface area contributed by atoms with Crippen LogP contribution in [0.4, 0.5) is 0 Å². The molecule has 0 saturated heterocycles. The van der Waals surface area contributed by atoms with Crippen molar-refractivity contribution in [2.45, 2.75) is 32.2 Å². The van der Waals surface area contributed by atoms with Crippen LogP contribution < -0.4 is 5.73 Å². The molecule has 2 heterocycles. The molecule has 2 N–H and O–H groups in total. The molecule has 1 aliphatic carbocycles. The minimum atomic E-state index is -0.433. The van der Waals surface area contributed by atoms with Gasteiger partial charge in [-0.25, -0.2) is 0 Å². The number of nitrogens with two attached hydrogens (primary N) is 1. The summed E-state index contributed by atoms with van der Waals surface area (Å²) in [6, 6.07) is 7.38. The number of hydrogen-bond acceptors (Lipinski definition) is 3. The maximum absolute atomic E-state index is 11.6. The van der Waals surface area contributed by atoms with Crippen molar-refractivity contribution >= 4 is 5.91 Å². The summed E-state index contributed by atoms with van der Waals surface area (Å²) < 4.78 is 1.75. The third kappa shape index (κ3) is 2.57. The van der Waals surface area contributed by atoms with Crippen LogP contribution in [0.5, 0.6) is 0 Å². The molecule has 3 rings (SSSR count). The fourth-order valence-electron chi connectivity index (χ4n) is 2.83. The van der Waals surface area contributed by atoms with Crippen LogP contribution in [0, 0.1) is 5.92 Å². The third-order valence-corrected chi connectivity index (χ3v) is 3.87. The number of aromatic nitrogens is 3. The molecule has 5 nitrogen and oxygen atoms in total. The average molecular weight is 270 g/mol. The van der Waals surface area contributed by atoms with Crippen molar-refractivity contribution in [1.29, 1.82) is 0 Å². The zero-order valence-corrected chi connectivity index (χ0v) is 11.3. The van der Waals surface area contributed by atoms with Gasteiger partial charge in [-0.05, 0) is 37.0 Å². The molecular formula is C15H18N4O. The number of carbonyl (C=O) groups excluding carboxylic acids is 1. The molecule has 0 radical (unpaired) electrons. The van der Waals surface area contributed by atoms with Gasteiger partial charge < -0.3 is 5.73 Å². The van der Waals surface area contributed by atoms with Crippen LogP contribution >= 0.6 is 0 Å². The van der Waals surface area contributed by atoms with Crippen molar-refractivity contribution in [2.75, 3.05) is 0 Å². The van der Waals surface area contributed by atoms with Gasteiger partial charge in [0.05, 0.1) is 5.69 Å². The number of nitrogens with zero attached hydrogens (tertiary/aromatic N) is 3. The number of rotatable bonds is 4. The molecular weight excluding hydrogens is 252 g/mol. The van der Waals surface area contributed by atoms with Crippen molar-refractivity contribution in [3.8, 4) is 11.4 Å². The van der Waals surface area contributed by atoms with Crippen molar-refractivity contribution in [2.24, 2.45) is 11.7 Å². The third-order valence-electron chi connectivity index (χ3n) is 3.87. The van der Waals surface area contributed by atoms with E-state index >= 15 is 0 Å². The maximum atomic E-state index is 11.6. The monoisotopic (exact) mass is 270 g/mol. The Hall–Kier alpha value is -2.17. The molecule has 1 aliphatic rings. The molecule has 1 amide bonds. The lowest BCUT2D eigenvalue weighted by molar-refractivity contribution is 0.0988. The van der Waals surface area contributed by atoms with Crippen LogP contribution in [0.1, 0.15) is 36.2 Å². The Morgan fingerprint density at radius 2 is 2.10 bits per heavy atom. The zero-order valence-electron chi connectivity index (χ0n) is 11.3. The van der Waals surface area contributed by atoms with Crippen molar-refractivity contribution in [1.82, 2.24) is 14.8 Å². The van der Waals surface area contributed by atoms with E-state index in [0.29, 0.717) is 17.3 Å². The van der Waals surface area contributed by atoms with Gasteiger partial charge in [0.25, 0.3) is 5.91 Å². The lowest BCUT2D eigenvalue weighted by atomic mass is 10.1. The predicted molar refractivity (Wildman–Crippen MR) is 75.9 cm³/mol. The number of pyridine rings is 1. The van der Waals surface area contributed by atoms with E-state index in [-0.39, 0.29) is 0 Å². The Morgan fingerprint density at radius 1 is 1.30 bits per heavy atom. The number of primary amides is 1. The topological polar surface area (TPSA) is 73.8 Å². The Bertz CT molecular complexity index is 600. The first-order valence-electron chi connectivity index (χ1n) is 7.03. The molecule has 1 saturated carbocycles. The number of hydrogen-bond donors (Lipinski definition) is 1. The van der Waals surface area contributed by atoms with Gasteiger partial charge in [0.15, 0.2) is 0 Å². The number of amides is 1. The highest BCUT2D eigenvalue weighted by Crippen LogP contribution is 2.27. The molecule has 2 aromatic heterocycles. The second-order valence-corrected chi connectivity index (χ2v) is 5.33. The first-order chi connectivity index (χ1) is 9.74. The van der Waals surface area contributed by atoms with Crippen molar-refractivity contribution in [3.05, 3.63) is 36.2 Å². The van der Waals surface area contributed by atoms with Crippen LogP contribution in [-0.4, -0.2) is 20.7 Å². The van der Waals surface area contributed by atoms with E-state index in [1.165, 1.54) is 25.7 Å². The van der Waals surface area contributed by atoms with E-state index in [1.807, 2.05) is 18.2 Å². The normalized spacial score (nSPS) is 15.6. The summed E-state index contributed by atoms with van der Waals surface area (Å²) in [7, 11) is 0. The SMILES string of the molecule is NC(=O)c1cc(-c2ccccn2)nn1CC1CCCC1. The quantitative estimate of drug-likeness (QED) is 0.925. The second kappa shape index (κ2) is 5.45. The lowest BCUT2D eigenvalue weighted by Gasteiger charge is -2.10. The van der Waals surface area contributed by atoms with Gasteiger partial charge in [-0.2, -0.15) is 5.10 Å². The van der Waals surface area contributed by atoms with E-state index in [9.17, 15) is 4.79 Å². The summed E-state index contributed by atoms with van der Waals surface area (Å²) in [6.07, 6.45) is 6.67. The molecule has 20 heavy (non-hydrogen) atoms. The summed E-state index contributed by atoms with van der Waals surface area (Å²) in [5.74, 6) is 0.169. The van der Waals surface area contributed by atoms with E-state index < -0.39 is 5.91 Å². The smallest absolute Gasteiger partial charge is 0.266 e. The summed E-state index contributed by atoms with van der Waals surface area (Å²) in [4.78, 5) is 15.8. The molecule has 5 heteroatoms. The number of carbonyl (C=O) groups is 1. The van der Waals surface area contributed by atoms with Gasteiger partial charge in [-0.3, -0.25) is 14.5 Å². The summed E-state index contributed by atoms with van der Waals surface area (Å²) >= 11 is 0. The first-order valence-corrected chi connectivity index (χ1v) is 7.03. The molecule has 104 valence electrons. The molecule has 0 spiro atoms. The minimum Gasteiger partial charge on any atom is -0.364 e. The largest absolute Gasteiger partial charge is 0.364 e. The van der Waals surface area contributed by atoms with Crippen molar-refractivity contribution < 1.29 is 4.79 Å². The lowest BCUT2D eigenvalue weighted by Crippen LogP contribution is -2.20. The molecule has 0 aliphatic heterocycles. The van der Waals surface area contributed by atoms with Gasteiger partial charge in [0.1, 0.15) is 11.4 Å². The molecule has 2 aromatic rings. The molecule has 1 fully saturated rings. The Morgan fingerprint density at radius 3 is 2.75 bits per heavy atom. The Labute approximate surface area is 117 Å². The van der Waals surface area contributed by atoms with E-state index in [2.05, 4.69) is 10.1 Å². The maximum Gasteiger partial charge on any atom is 0.266 e. The fourth-order valence-corrected chi connectivity index (χ4v) is 2.83. The zero-order chi connectivity index (χ0) is 13.9. The van der Waals surface area contributed by atoms with Crippen LogP contribution in [0.2, 0.25) is 0 Å². The highest BCUT2D eigenvalue weighted by molar-refractivity contribution is 5.92. The van der Waals surface area contributed by atoms with Crippen molar-refractivity contribution in [3.63, 3.8) is 0 Å². The second-order valence-electron chi connectivity index (χ2n) is 5.33. The fraction of sp³-hybridized carbons (Fsp3) is 0.400. The van der Waals surface area contributed by atoms with E-state index in [4.69, 9.17) is 5.73 Å². The van der Waals surface area contributed by atoms with Crippen LogP contribution in [-0.2, 0) is 6.54 Å². The molecule has 0 atom stereocenters. The highest BCUT2D eigenvalue weighted by atomic mass is 16.1. The van der Waals surface area contributed by atoms with Crippen LogP contribution in [0.3, 0.4) is 0 Å².